The topological polar surface area (TPSA) is 29.5 Å². The normalized spacial score (nSPS) is 20.6. The molecule has 1 aliphatic rings. The van der Waals surface area contributed by atoms with E-state index < -0.39 is 0 Å². The highest BCUT2D eigenvalue weighted by atomic mass is 16.5. The van der Waals surface area contributed by atoms with Gasteiger partial charge in [0.2, 0.25) is 0 Å². The Morgan fingerprint density at radius 3 is 3.15 bits per heavy atom. The Hall–Kier alpha value is -1.02. The number of rotatable bonds is 1. The molecule has 0 aliphatic carbocycles. The standard InChI is InChI=1S/C11H14O2/c1-8-4-5-13-11-6-9(7-12)2-3-10(8)11/h2-3,6,8,12H,4-5,7H2,1H3/t8-/m1/s1. The molecule has 1 aromatic rings. The van der Waals surface area contributed by atoms with Gasteiger partial charge in [0.05, 0.1) is 13.2 Å². The maximum atomic E-state index is 8.95. The number of ether oxygens (including phenoxy) is 1. The lowest BCUT2D eigenvalue weighted by atomic mass is 9.94. The molecule has 0 spiro atoms. The average Bonchev–Trinajstić information content (AvgIpc) is 2.18. The zero-order valence-corrected chi connectivity index (χ0v) is 7.79. The first kappa shape index (κ1) is 8.57. The molecule has 2 rings (SSSR count). The molecule has 0 radical (unpaired) electrons. The summed E-state index contributed by atoms with van der Waals surface area (Å²) >= 11 is 0. The molecule has 0 bridgehead atoms. The molecule has 0 aromatic heterocycles. The predicted octanol–water partition coefficient (Wildman–Crippen LogP) is 2.06. The molecule has 70 valence electrons. The Kier molecular flexibility index (Phi) is 2.23. The van der Waals surface area contributed by atoms with E-state index in [-0.39, 0.29) is 6.61 Å². The molecule has 2 nitrogen and oxygen atoms in total. The molecule has 1 aliphatic heterocycles. The lowest BCUT2D eigenvalue weighted by Crippen LogP contribution is -2.12. The maximum absolute atomic E-state index is 8.95. The van der Waals surface area contributed by atoms with Gasteiger partial charge in [-0.25, -0.2) is 0 Å². The Balaban J connectivity index is 2.39. The Labute approximate surface area is 78.2 Å². The van der Waals surface area contributed by atoms with Crippen LogP contribution in [-0.2, 0) is 6.61 Å². The molecule has 13 heavy (non-hydrogen) atoms. The molecule has 0 saturated carbocycles. The van der Waals surface area contributed by atoms with Crippen LogP contribution in [-0.4, -0.2) is 11.7 Å². The molecule has 0 amide bonds. The first-order chi connectivity index (χ1) is 6.31. The van der Waals surface area contributed by atoms with Gasteiger partial charge in [0, 0.05) is 0 Å². The average molecular weight is 178 g/mol. The summed E-state index contributed by atoms with van der Waals surface area (Å²) in [6.07, 6.45) is 1.09. The third-order valence-electron chi connectivity index (χ3n) is 2.60. The minimum atomic E-state index is 0.0883. The van der Waals surface area contributed by atoms with Gasteiger partial charge in [-0.1, -0.05) is 19.1 Å². The minimum absolute atomic E-state index is 0.0883. The second kappa shape index (κ2) is 3.38. The van der Waals surface area contributed by atoms with Crippen LogP contribution >= 0.6 is 0 Å². The van der Waals surface area contributed by atoms with Crippen molar-refractivity contribution in [2.24, 2.45) is 0 Å². The molecular weight excluding hydrogens is 164 g/mol. The summed E-state index contributed by atoms with van der Waals surface area (Å²) in [7, 11) is 0. The molecule has 0 fully saturated rings. The molecule has 1 aromatic carbocycles. The zero-order chi connectivity index (χ0) is 9.26. The fraction of sp³-hybridized carbons (Fsp3) is 0.455. The second-order valence-electron chi connectivity index (χ2n) is 3.57. The monoisotopic (exact) mass is 178 g/mol. The van der Waals surface area contributed by atoms with Gasteiger partial charge >= 0.3 is 0 Å². The third kappa shape index (κ3) is 1.54. The molecule has 1 atom stereocenters. The molecule has 2 heteroatoms. The summed E-state index contributed by atoms with van der Waals surface area (Å²) in [5.74, 6) is 1.53. The van der Waals surface area contributed by atoms with E-state index in [1.807, 2.05) is 12.1 Å². The highest BCUT2D eigenvalue weighted by Gasteiger charge is 2.17. The van der Waals surface area contributed by atoms with E-state index in [0.29, 0.717) is 5.92 Å². The molecule has 1 N–H and O–H groups in total. The van der Waals surface area contributed by atoms with Crippen molar-refractivity contribution in [3.8, 4) is 5.75 Å². The SMILES string of the molecule is C[C@@H]1CCOc2cc(CO)ccc21. The van der Waals surface area contributed by atoms with E-state index in [0.717, 1.165) is 24.3 Å². The van der Waals surface area contributed by atoms with Crippen LogP contribution in [0.5, 0.6) is 5.75 Å². The van der Waals surface area contributed by atoms with Crippen molar-refractivity contribution in [1.29, 1.82) is 0 Å². The van der Waals surface area contributed by atoms with E-state index in [9.17, 15) is 0 Å². The number of benzene rings is 1. The van der Waals surface area contributed by atoms with E-state index in [1.165, 1.54) is 5.56 Å². The molecule has 1 heterocycles. The van der Waals surface area contributed by atoms with Gasteiger partial charge in [-0.15, -0.1) is 0 Å². The van der Waals surface area contributed by atoms with Crippen LogP contribution in [0.25, 0.3) is 0 Å². The third-order valence-corrected chi connectivity index (χ3v) is 2.60. The quantitative estimate of drug-likeness (QED) is 0.713. The predicted molar refractivity (Wildman–Crippen MR) is 50.9 cm³/mol. The van der Waals surface area contributed by atoms with Crippen LogP contribution < -0.4 is 4.74 Å². The van der Waals surface area contributed by atoms with Crippen LogP contribution in [0.15, 0.2) is 18.2 Å². The lowest BCUT2D eigenvalue weighted by Gasteiger charge is -2.23. The van der Waals surface area contributed by atoms with Crippen molar-refractivity contribution in [3.63, 3.8) is 0 Å². The Morgan fingerprint density at radius 1 is 1.54 bits per heavy atom. The highest BCUT2D eigenvalue weighted by Crippen LogP contribution is 2.33. The van der Waals surface area contributed by atoms with Crippen molar-refractivity contribution >= 4 is 0 Å². The Morgan fingerprint density at radius 2 is 2.38 bits per heavy atom. The first-order valence-electron chi connectivity index (χ1n) is 4.67. The van der Waals surface area contributed by atoms with Gasteiger partial charge in [-0.05, 0) is 29.5 Å². The van der Waals surface area contributed by atoms with Gasteiger partial charge in [-0.3, -0.25) is 0 Å². The molecular formula is C11H14O2. The van der Waals surface area contributed by atoms with Gasteiger partial charge < -0.3 is 9.84 Å². The van der Waals surface area contributed by atoms with Gasteiger partial charge in [0.25, 0.3) is 0 Å². The van der Waals surface area contributed by atoms with Crippen molar-refractivity contribution in [1.82, 2.24) is 0 Å². The summed E-state index contributed by atoms with van der Waals surface area (Å²) in [6, 6.07) is 5.96. The van der Waals surface area contributed by atoms with Crippen molar-refractivity contribution in [2.75, 3.05) is 6.61 Å². The fourth-order valence-electron chi connectivity index (χ4n) is 1.71. The summed E-state index contributed by atoms with van der Waals surface area (Å²) in [5.41, 5.74) is 2.19. The van der Waals surface area contributed by atoms with Crippen molar-refractivity contribution in [3.05, 3.63) is 29.3 Å². The summed E-state index contributed by atoms with van der Waals surface area (Å²) < 4.78 is 5.53. The summed E-state index contributed by atoms with van der Waals surface area (Å²) in [4.78, 5) is 0. The largest absolute Gasteiger partial charge is 0.493 e. The lowest BCUT2D eigenvalue weighted by molar-refractivity contribution is 0.265. The number of aliphatic hydroxyl groups is 1. The number of fused-ring (bicyclic) bond motifs is 1. The van der Waals surface area contributed by atoms with E-state index >= 15 is 0 Å². The van der Waals surface area contributed by atoms with Crippen LogP contribution in [0.3, 0.4) is 0 Å². The van der Waals surface area contributed by atoms with Gasteiger partial charge in [-0.2, -0.15) is 0 Å². The first-order valence-corrected chi connectivity index (χ1v) is 4.67. The summed E-state index contributed by atoms with van der Waals surface area (Å²) in [6.45, 7) is 3.09. The second-order valence-corrected chi connectivity index (χ2v) is 3.57. The van der Waals surface area contributed by atoms with Crippen LogP contribution in [0.2, 0.25) is 0 Å². The Bertz CT molecular complexity index is 307. The van der Waals surface area contributed by atoms with Crippen LogP contribution in [0.4, 0.5) is 0 Å². The van der Waals surface area contributed by atoms with Crippen LogP contribution in [0, 0.1) is 0 Å². The van der Waals surface area contributed by atoms with E-state index in [2.05, 4.69) is 13.0 Å². The van der Waals surface area contributed by atoms with Crippen molar-refractivity contribution in [2.45, 2.75) is 25.9 Å². The van der Waals surface area contributed by atoms with Gasteiger partial charge in [0.15, 0.2) is 0 Å². The number of aliphatic hydroxyl groups excluding tert-OH is 1. The van der Waals surface area contributed by atoms with Gasteiger partial charge in [0.1, 0.15) is 5.75 Å². The summed E-state index contributed by atoms with van der Waals surface area (Å²) in [5, 5.41) is 8.95. The van der Waals surface area contributed by atoms with E-state index in [4.69, 9.17) is 9.84 Å². The van der Waals surface area contributed by atoms with Crippen LogP contribution in [0.1, 0.15) is 30.4 Å². The van der Waals surface area contributed by atoms with E-state index in [1.54, 1.807) is 0 Å². The minimum Gasteiger partial charge on any atom is -0.493 e. The highest BCUT2D eigenvalue weighted by molar-refractivity contribution is 5.40. The molecule has 0 unspecified atom stereocenters. The zero-order valence-electron chi connectivity index (χ0n) is 7.79. The fourth-order valence-corrected chi connectivity index (χ4v) is 1.71. The smallest absolute Gasteiger partial charge is 0.123 e. The molecule has 0 saturated heterocycles. The maximum Gasteiger partial charge on any atom is 0.123 e. The number of hydrogen-bond donors (Lipinski definition) is 1. The number of hydrogen-bond acceptors (Lipinski definition) is 2. The van der Waals surface area contributed by atoms with Crippen molar-refractivity contribution < 1.29 is 9.84 Å².